The van der Waals surface area contributed by atoms with Crippen molar-refractivity contribution in [3.8, 4) is 10.6 Å². The molecule has 6 nitrogen and oxygen atoms in total. The van der Waals surface area contributed by atoms with Gasteiger partial charge in [0.05, 0.1) is 5.75 Å². The highest BCUT2D eigenvalue weighted by atomic mass is 32.2. The summed E-state index contributed by atoms with van der Waals surface area (Å²) in [5, 5.41) is 11.8. The van der Waals surface area contributed by atoms with Gasteiger partial charge in [-0.25, -0.2) is 0 Å². The molecule has 0 bridgehead atoms. The summed E-state index contributed by atoms with van der Waals surface area (Å²) in [7, 11) is 0. The first-order chi connectivity index (χ1) is 12.1. The first kappa shape index (κ1) is 17.2. The molecule has 0 aliphatic heterocycles. The molecule has 1 aromatic carbocycles. The summed E-state index contributed by atoms with van der Waals surface area (Å²) in [6.45, 7) is 1.51. The van der Waals surface area contributed by atoms with E-state index in [-0.39, 0.29) is 17.4 Å². The molecule has 0 saturated heterocycles. The van der Waals surface area contributed by atoms with E-state index in [1.165, 1.54) is 30.0 Å². The highest BCUT2D eigenvalue weighted by molar-refractivity contribution is 8.01. The molecular weight excluding hydrogens is 356 g/mol. The normalized spacial score (nSPS) is 10.4. The van der Waals surface area contributed by atoms with Crippen molar-refractivity contribution in [2.75, 3.05) is 11.1 Å². The van der Waals surface area contributed by atoms with Gasteiger partial charge in [0.25, 0.3) is 0 Å². The summed E-state index contributed by atoms with van der Waals surface area (Å²) in [4.78, 5) is 27.2. The smallest absolute Gasteiger partial charge is 0.234 e. The molecule has 0 fully saturated rings. The average molecular weight is 370 g/mol. The molecule has 0 aliphatic carbocycles. The molecule has 3 aromatic rings. The Balaban J connectivity index is 1.54. The van der Waals surface area contributed by atoms with Crippen LogP contribution in [-0.4, -0.2) is 32.6 Å². The molecule has 0 radical (unpaired) electrons. The van der Waals surface area contributed by atoms with Gasteiger partial charge < -0.3 is 5.32 Å². The van der Waals surface area contributed by atoms with Crippen LogP contribution in [0, 0.1) is 0 Å². The maximum Gasteiger partial charge on any atom is 0.234 e. The summed E-state index contributed by atoms with van der Waals surface area (Å²) in [5.74, 6) is 0.0929. The minimum Gasteiger partial charge on any atom is -0.325 e. The number of Topliss-reactive ketones (excluding diaryl/α,β-unsaturated/α-hetero) is 1. The second-order valence-corrected chi connectivity index (χ2v) is 7.28. The molecular formula is C17H14N4O2S2. The Morgan fingerprint density at radius 1 is 1.08 bits per heavy atom. The van der Waals surface area contributed by atoms with Crippen LogP contribution in [0.5, 0.6) is 0 Å². The van der Waals surface area contributed by atoms with Gasteiger partial charge in [0.2, 0.25) is 5.91 Å². The lowest BCUT2D eigenvalue weighted by molar-refractivity contribution is -0.113. The standard InChI is InChI=1S/C17H14N4O2S2/c1-11(22)12-2-4-14(5-3-12)19-15(23)10-24-17-21-20-16(25-17)13-6-8-18-9-7-13/h2-9H,10H2,1H3,(H,19,23). The Bertz CT molecular complexity index is 879. The van der Waals surface area contributed by atoms with Crippen LogP contribution >= 0.6 is 23.1 Å². The number of carbonyl (C=O) groups excluding carboxylic acids is 2. The Morgan fingerprint density at radius 3 is 2.48 bits per heavy atom. The van der Waals surface area contributed by atoms with Crippen molar-refractivity contribution >= 4 is 40.5 Å². The summed E-state index contributed by atoms with van der Waals surface area (Å²) in [6, 6.07) is 10.5. The fourth-order valence-corrected chi connectivity index (χ4v) is 3.65. The third-order valence-corrected chi connectivity index (χ3v) is 5.34. The lowest BCUT2D eigenvalue weighted by Crippen LogP contribution is -2.14. The van der Waals surface area contributed by atoms with E-state index < -0.39 is 0 Å². The number of thioether (sulfide) groups is 1. The first-order valence-corrected chi connectivity index (χ1v) is 9.19. The highest BCUT2D eigenvalue weighted by Crippen LogP contribution is 2.28. The quantitative estimate of drug-likeness (QED) is 0.528. The van der Waals surface area contributed by atoms with Gasteiger partial charge in [-0.15, -0.1) is 10.2 Å². The number of nitrogens with zero attached hydrogens (tertiary/aromatic N) is 3. The van der Waals surface area contributed by atoms with Crippen LogP contribution in [0.15, 0.2) is 53.1 Å². The van der Waals surface area contributed by atoms with Crippen molar-refractivity contribution < 1.29 is 9.59 Å². The number of carbonyl (C=O) groups is 2. The second-order valence-electron chi connectivity index (χ2n) is 5.08. The monoisotopic (exact) mass is 370 g/mol. The number of ketones is 1. The van der Waals surface area contributed by atoms with Crippen LogP contribution in [0.2, 0.25) is 0 Å². The maximum absolute atomic E-state index is 12.0. The Hall–Kier alpha value is -2.58. The summed E-state index contributed by atoms with van der Waals surface area (Å²) < 4.78 is 0.730. The first-order valence-electron chi connectivity index (χ1n) is 7.39. The molecule has 3 rings (SSSR count). The van der Waals surface area contributed by atoms with Crippen molar-refractivity contribution in [3.05, 3.63) is 54.4 Å². The largest absolute Gasteiger partial charge is 0.325 e. The topological polar surface area (TPSA) is 84.8 Å². The summed E-state index contributed by atoms with van der Waals surface area (Å²) in [6.07, 6.45) is 3.41. The van der Waals surface area contributed by atoms with E-state index in [2.05, 4.69) is 20.5 Å². The fourth-order valence-electron chi connectivity index (χ4n) is 1.99. The molecule has 0 unspecified atom stereocenters. The van der Waals surface area contributed by atoms with Crippen LogP contribution in [0.1, 0.15) is 17.3 Å². The van der Waals surface area contributed by atoms with Gasteiger partial charge in [-0.1, -0.05) is 23.1 Å². The van der Waals surface area contributed by atoms with Crippen LogP contribution < -0.4 is 5.32 Å². The van der Waals surface area contributed by atoms with Crippen molar-refractivity contribution in [3.63, 3.8) is 0 Å². The zero-order valence-corrected chi connectivity index (χ0v) is 14.9. The molecule has 126 valence electrons. The molecule has 2 aromatic heterocycles. The van der Waals surface area contributed by atoms with Gasteiger partial charge >= 0.3 is 0 Å². The third kappa shape index (κ3) is 4.71. The molecule has 25 heavy (non-hydrogen) atoms. The summed E-state index contributed by atoms with van der Waals surface area (Å²) in [5.41, 5.74) is 2.23. The predicted molar refractivity (Wildman–Crippen MR) is 98.9 cm³/mol. The zero-order chi connectivity index (χ0) is 17.6. The van der Waals surface area contributed by atoms with Gasteiger partial charge in [-0.3, -0.25) is 14.6 Å². The molecule has 8 heteroatoms. The van der Waals surface area contributed by atoms with Gasteiger partial charge in [0.1, 0.15) is 5.01 Å². The minimum atomic E-state index is -0.138. The van der Waals surface area contributed by atoms with Crippen LogP contribution in [0.3, 0.4) is 0 Å². The lowest BCUT2D eigenvalue weighted by Gasteiger charge is -2.04. The van der Waals surface area contributed by atoms with E-state index >= 15 is 0 Å². The number of amides is 1. The van der Waals surface area contributed by atoms with E-state index in [4.69, 9.17) is 0 Å². The van der Waals surface area contributed by atoms with Crippen LogP contribution in [0.4, 0.5) is 5.69 Å². The van der Waals surface area contributed by atoms with Gasteiger partial charge in [-0.05, 0) is 43.3 Å². The third-order valence-electron chi connectivity index (χ3n) is 3.24. The maximum atomic E-state index is 12.0. The predicted octanol–water partition coefficient (Wildman–Crippen LogP) is 3.53. The minimum absolute atomic E-state index is 0.00490. The van der Waals surface area contributed by atoms with Gasteiger partial charge in [0.15, 0.2) is 10.1 Å². The zero-order valence-electron chi connectivity index (χ0n) is 13.3. The SMILES string of the molecule is CC(=O)c1ccc(NC(=O)CSc2nnc(-c3ccncc3)s2)cc1. The van der Waals surface area contributed by atoms with E-state index in [9.17, 15) is 9.59 Å². The molecule has 0 saturated carbocycles. The van der Waals surface area contributed by atoms with Gasteiger partial charge in [-0.2, -0.15) is 0 Å². The van der Waals surface area contributed by atoms with Crippen molar-refractivity contribution in [2.45, 2.75) is 11.3 Å². The van der Waals surface area contributed by atoms with E-state index in [1.54, 1.807) is 36.7 Å². The fraction of sp³-hybridized carbons (Fsp3) is 0.118. The molecule has 1 amide bonds. The van der Waals surface area contributed by atoms with Crippen LogP contribution in [-0.2, 0) is 4.79 Å². The number of anilines is 1. The number of benzene rings is 1. The highest BCUT2D eigenvalue weighted by Gasteiger charge is 2.10. The van der Waals surface area contributed by atoms with Crippen molar-refractivity contribution in [1.82, 2.24) is 15.2 Å². The van der Waals surface area contributed by atoms with Crippen LogP contribution in [0.25, 0.3) is 10.6 Å². The summed E-state index contributed by atoms with van der Waals surface area (Å²) >= 11 is 2.77. The van der Waals surface area contributed by atoms with Crippen molar-refractivity contribution in [1.29, 1.82) is 0 Å². The number of rotatable bonds is 6. The Morgan fingerprint density at radius 2 is 1.80 bits per heavy atom. The molecule has 0 atom stereocenters. The Labute approximate surface area is 152 Å². The van der Waals surface area contributed by atoms with Crippen molar-refractivity contribution in [2.24, 2.45) is 0 Å². The second kappa shape index (κ2) is 8.00. The molecule has 1 N–H and O–H groups in total. The number of pyridine rings is 1. The molecule has 2 heterocycles. The molecule has 0 aliphatic rings. The number of hydrogen-bond acceptors (Lipinski definition) is 7. The lowest BCUT2D eigenvalue weighted by atomic mass is 10.1. The van der Waals surface area contributed by atoms with Gasteiger partial charge in [0, 0.05) is 29.2 Å². The Kier molecular flexibility index (Phi) is 5.52. The van der Waals surface area contributed by atoms with E-state index in [0.717, 1.165) is 14.9 Å². The number of hydrogen-bond donors (Lipinski definition) is 1. The van der Waals surface area contributed by atoms with E-state index in [1.807, 2.05) is 12.1 Å². The molecule has 0 spiro atoms. The van der Waals surface area contributed by atoms with E-state index in [0.29, 0.717) is 11.3 Å². The average Bonchev–Trinajstić information content (AvgIpc) is 3.10. The number of aromatic nitrogens is 3. The number of nitrogens with one attached hydrogen (secondary N) is 1.